The maximum atomic E-state index is 6.10. The van der Waals surface area contributed by atoms with Crippen molar-refractivity contribution in [2.75, 3.05) is 0 Å². The molecule has 0 spiro atoms. The third kappa shape index (κ3) is 2.84. The van der Waals surface area contributed by atoms with Gasteiger partial charge < -0.3 is 5.73 Å². The van der Waals surface area contributed by atoms with Gasteiger partial charge in [0.15, 0.2) is 0 Å². The van der Waals surface area contributed by atoms with Crippen LogP contribution in [0.2, 0.25) is 0 Å². The second kappa shape index (κ2) is 4.60. The molecule has 14 heavy (non-hydrogen) atoms. The fraction of sp³-hybridized carbons (Fsp3) is 0.727. The van der Waals surface area contributed by atoms with Gasteiger partial charge in [-0.25, -0.2) is 0 Å². The summed E-state index contributed by atoms with van der Waals surface area (Å²) in [6, 6.07) is 0.145. The average Bonchev–Trinajstić information content (AvgIpc) is 2.41. The molecule has 1 aromatic heterocycles. The summed E-state index contributed by atoms with van der Waals surface area (Å²) in [4.78, 5) is 0. The SMILES string of the molecule is Cc1nn(C)cc1C(N)CCC(C)C. The van der Waals surface area contributed by atoms with Crippen LogP contribution < -0.4 is 5.73 Å². The third-order valence-electron chi connectivity index (χ3n) is 2.51. The number of hydrogen-bond acceptors (Lipinski definition) is 2. The highest BCUT2D eigenvalue weighted by molar-refractivity contribution is 5.19. The molecule has 1 aromatic rings. The lowest BCUT2D eigenvalue weighted by Crippen LogP contribution is -2.11. The van der Waals surface area contributed by atoms with E-state index in [1.807, 2.05) is 24.9 Å². The van der Waals surface area contributed by atoms with Gasteiger partial charge in [0.2, 0.25) is 0 Å². The van der Waals surface area contributed by atoms with Crippen molar-refractivity contribution >= 4 is 0 Å². The summed E-state index contributed by atoms with van der Waals surface area (Å²) in [5.74, 6) is 0.720. The molecule has 3 nitrogen and oxygen atoms in total. The Hall–Kier alpha value is -0.830. The molecule has 1 unspecified atom stereocenters. The Balaban J connectivity index is 2.60. The van der Waals surface area contributed by atoms with E-state index in [2.05, 4.69) is 18.9 Å². The zero-order valence-electron chi connectivity index (χ0n) is 9.62. The Morgan fingerprint density at radius 3 is 2.50 bits per heavy atom. The minimum absolute atomic E-state index is 0.145. The van der Waals surface area contributed by atoms with Crippen LogP contribution in [0.4, 0.5) is 0 Å². The largest absolute Gasteiger partial charge is 0.324 e. The van der Waals surface area contributed by atoms with Gasteiger partial charge in [-0.05, 0) is 25.7 Å². The summed E-state index contributed by atoms with van der Waals surface area (Å²) in [5, 5.41) is 4.30. The Morgan fingerprint density at radius 2 is 2.07 bits per heavy atom. The van der Waals surface area contributed by atoms with Gasteiger partial charge in [-0.2, -0.15) is 5.10 Å². The second-order valence-electron chi connectivity index (χ2n) is 4.42. The van der Waals surface area contributed by atoms with Crippen LogP contribution in [0.25, 0.3) is 0 Å². The highest BCUT2D eigenvalue weighted by Gasteiger charge is 2.12. The van der Waals surface area contributed by atoms with E-state index in [1.54, 1.807) is 0 Å². The maximum absolute atomic E-state index is 6.10. The number of nitrogens with zero attached hydrogens (tertiary/aromatic N) is 2. The minimum Gasteiger partial charge on any atom is -0.324 e. The van der Waals surface area contributed by atoms with Gasteiger partial charge in [0.05, 0.1) is 5.69 Å². The van der Waals surface area contributed by atoms with Crippen LogP contribution in [0, 0.1) is 12.8 Å². The molecule has 0 aliphatic carbocycles. The van der Waals surface area contributed by atoms with Gasteiger partial charge >= 0.3 is 0 Å². The van der Waals surface area contributed by atoms with Crippen molar-refractivity contribution in [3.63, 3.8) is 0 Å². The van der Waals surface area contributed by atoms with Crippen molar-refractivity contribution in [1.82, 2.24) is 9.78 Å². The van der Waals surface area contributed by atoms with Crippen LogP contribution in [-0.4, -0.2) is 9.78 Å². The molecule has 1 heterocycles. The lowest BCUT2D eigenvalue weighted by Gasteiger charge is -2.11. The summed E-state index contributed by atoms with van der Waals surface area (Å²) in [6.07, 6.45) is 4.25. The molecule has 1 rings (SSSR count). The molecule has 0 fully saturated rings. The number of hydrogen-bond donors (Lipinski definition) is 1. The van der Waals surface area contributed by atoms with Crippen molar-refractivity contribution in [1.29, 1.82) is 0 Å². The summed E-state index contributed by atoms with van der Waals surface area (Å²) in [7, 11) is 1.94. The standard InChI is InChI=1S/C11H21N3/c1-8(2)5-6-11(12)10-7-14(4)13-9(10)3/h7-8,11H,5-6,12H2,1-4H3. The summed E-state index contributed by atoms with van der Waals surface area (Å²) in [5.41, 5.74) is 8.35. The van der Waals surface area contributed by atoms with Gasteiger partial charge in [0, 0.05) is 24.8 Å². The van der Waals surface area contributed by atoms with E-state index in [-0.39, 0.29) is 6.04 Å². The molecule has 2 N–H and O–H groups in total. The van der Waals surface area contributed by atoms with Crippen molar-refractivity contribution in [3.05, 3.63) is 17.5 Å². The van der Waals surface area contributed by atoms with Gasteiger partial charge in [0.25, 0.3) is 0 Å². The Bertz CT molecular complexity index is 289. The van der Waals surface area contributed by atoms with Gasteiger partial charge in [-0.15, -0.1) is 0 Å². The maximum Gasteiger partial charge on any atom is 0.0641 e. The normalized spacial score (nSPS) is 13.6. The van der Waals surface area contributed by atoms with Crippen molar-refractivity contribution in [3.8, 4) is 0 Å². The molecule has 0 radical (unpaired) electrons. The van der Waals surface area contributed by atoms with Crippen molar-refractivity contribution in [2.45, 2.75) is 39.7 Å². The first-order chi connectivity index (χ1) is 6.50. The quantitative estimate of drug-likeness (QED) is 0.800. The summed E-state index contributed by atoms with van der Waals surface area (Å²) in [6.45, 7) is 6.47. The lowest BCUT2D eigenvalue weighted by atomic mass is 9.99. The van der Waals surface area contributed by atoms with E-state index in [9.17, 15) is 0 Å². The number of rotatable bonds is 4. The molecule has 80 valence electrons. The Morgan fingerprint density at radius 1 is 1.43 bits per heavy atom. The molecule has 0 bridgehead atoms. The first-order valence-corrected chi connectivity index (χ1v) is 5.26. The van der Waals surface area contributed by atoms with Crippen LogP contribution in [0.15, 0.2) is 6.20 Å². The van der Waals surface area contributed by atoms with Crippen molar-refractivity contribution < 1.29 is 0 Å². The fourth-order valence-electron chi connectivity index (χ4n) is 1.65. The summed E-state index contributed by atoms with van der Waals surface area (Å²) >= 11 is 0. The van der Waals surface area contributed by atoms with Gasteiger partial charge in [-0.3, -0.25) is 4.68 Å². The second-order valence-corrected chi connectivity index (χ2v) is 4.42. The van der Waals surface area contributed by atoms with Crippen LogP contribution in [0.1, 0.15) is 44.0 Å². The van der Waals surface area contributed by atoms with Crippen LogP contribution in [-0.2, 0) is 7.05 Å². The highest BCUT2D eigenvalue weighted by atomic mass is 15.2. The van der Waals surface area contributed by atoms with Gasteiger partial charge in [0.1, 0.15) is 0 Å². The monoisotopic (exact) mass is 195 g/mol. The smallest absolute Gasteiger partial charge is 0.0641 e. The molecule has 0 aromatic carbocycles. The highest BCUT2D eigenvalue weighted by Crippen LogP contribution is 2.20. The average molecular weight is 195 g/mol. The minimum atomic E-state index is 0.145. The molecule has 1 atom stereocenters. The van der Waals surface area contributed by atoms with E-state index in [0.717, 1.165) is 18.0 Å². The van der Waals surface area contributed by atoms with Crippen LogP contribution in [0.3, 0.4) is 0 Å². The van der Waals surface area contributed by atoms with Gasteiger partial charge in [-0.1, -0.05) is 13.8 Å². The number of aromatic nitrogens is 2. The zero-order valence-corrected chi connectivity index (χ0v) is 9.62. The molecule has 0 amide bonds. The molecule has 0 aliphatic heterocycles. The third-order valence-corrected chi connectivity index (χ3v) is 2.51. The Labute approximate surface area is 86.3 Å². The molecular formula is C11H21N3. The Kier molecular flexibility index (Phi) is 3.69. The lowest BCUT2D eigenvalue weighted by molar-refractivity contribution is 0.506. The van der Waals surface area contributed by atoms with E-state index in [1.165, 1.54) is 12.0 Å². The fourth-order valence-corrected chi connectivity index (χ4v) is 1.65. The number of aryl methyl sites for hydroxylation is 2. The summed E-state index contributed by atoms with van der Waals surface area (Å²) < 4.78 is 1.83. The van der Waals surface area contributed by atoms with E-state index in [4.69, 9.17) is 5.73 Å². The predicted molar refractivity (Wildman–Crippen MR) is 58.9 cm³/mol. The first-order valence-electron chi connectivity index (χ1n) is 5.26. The molecule has 0 saturated carbocycles. The number of nitrogens with two attached hydrogens (primary N) is 1. The van der Waals surface area contributed by atoms with Crippen LogP contribution >= 0.6 is 0 Å². The molecule has 0 aliphatic rings. The van der Waals surface area contributed by atoms with Crippen LogP contribution in [0.5, 0.6) is 0 Å². The first kappa shape index (κ1) is 11.2. The van der Waals surface area contributed by atoms with E-state index < -0.39 is 0 Å². The molecular weight excluding hydrogens is 174 g/mol. The predicted octanol–water partition coefficient (Wildman–Crippen LogP) is 2.16. The van der Waals surface area contributed by atoms with E-state index >= 15 is 0 Å². The topological polar surface area (TPSA) is 43.8 Å². The van der Waals surface area contributed by atoms with Crippen molar-refractivity contribution in [2.24, 2.45) is 18.7 Å². The van der Waals surface area contributed by atoms with E-state index in [0.29, 0.717) is 0 Å². The zero-order chi connectivity index (χ0) is 10.7. The molecule has 0 saturated heterocycles. The molecule has 3 heteroatoms.